The molecule has 2 N–H and O–H groups in total. The Hall–Kier alpha value is -1.02. The van der Waals surface area contributed by atoms with Gasteiger partial charge in [-0.3, -0.25) is 0 Å². The molecule has 0 aliphatic heterocycles. The van der Waals surface area contributed by atoms with Gasteiger partial charge in [-0.2, -0.15) is 0 Å². The topological polar surface area (TPSA) is 32.3 Å². The van der Waals surface area contributed by atoms with E-state index in [1.807, 2.05) is 18.2 Å². The number of aliphatic hydroxyl groups excluding tert-OH is 1. The molecule has 3 atom stereocenters. The zero-order valence-electron chi connectivity index (χ0n) is 10.8. The van der Waals surface area contributed by atoms with Crippen molar-refractivity contribution in [2.75, 3.05) is 5.32 Å². The molecule has 0 bridgehead atoms. The molecule has 0 amide bonds. The summed E-state index contributed by atoms with van der Waals surface area (Å²) in [5, 5.41) is 12.9. The van der Waals surface area contributed by atoms with E-state index < -0.39 is 0 Å². The predicted octanol–water partition coefficient (Wildman–Crippen LogP) is 3.42. The van der Waals surface area contributed by atoms with Crippen molar-refractivity contribution in [3.8, 4) is 0 Å². The maximum absolute atomic E-state index is 9.33. The Labute approximate surface area is 104 Å². The Balaban J connectivity index is 2.08. The van der Waals surface area contributed by atoms with E-state index in [2.05, 4.69) is 25.2 Å². The summed E-state index contributed by atoms with van der Waals surface area (Å²) in [6, 6.07) is 8.60. The number of benzene rings is 1. The number of nitrogens with one attached hydrogen (secondary N) is 1. The standard InChI is InChI=1S/C15H23NO/c1-11-7-8-12(2)15(9-11)16-14-6-4-3-5-13(14)10-17/h3-6,11-12,15-17H,7-10H2,1-2H3. The Morgan fingerprint density at radius 3 is 2.76 bits per heavy atom. The van der Waals surface area contributed by atoms with Crippen molar-refractivity contribution in [2.45, 2.75) is 45.8 Å². The lowest BCUT2D eigenvalue weighted by atomic mass is 9.80. The highest BCUT2D eigenvalue weighted by Crippen LogP contribution is 2.31. The van der Waals surface area contributed by atoms with Crippen LogP contribution in [-0.2, 0) is 6.61 Å². The maximum atomic E-state index is 9.33. The molecule has 17 heavy (non-hydrogen) atoms. The van der Waals surface area contributed by atoms with Crippen LogP contribution in [0.4, 0.5) is 5.69 Å². The molecule has 0 heterocycles. The first-order chi connectivity index (χ1) is 8.20. The summed E-state index contributed by atoms with van der Waals surface area (Å²) in [5.74, 6) is 1.53. The third kappa shape index (κ3) is 3.01. The van der Waals surface area contributed by atoms with Gasteiger partial charge in [0.2, 0.25) is 0 Å². The highest BCUT2D eigenvalue weighted by atomic mass is 16.3. The first kappa shape index (κ1) is 12.4. The normalized spacial score (nSPS) is 29.0. The number of anilines is 1. The molecule has 2 heteroatoms. The Morgan fingerprint density at radius 1 is 1.24 bits per heavy atom. The van der Waals surface area contributed by atoms with Crippen LogP contribution in [0, 0.1) is 11.8 Å². The molecule has 2 nitrogen and oxygen atoms in total. The lowest BCUT2D eigenvalue weighted by Gasteiger charge is -2.34. The minimum atomic E-state index is 0.111. The number of hydrogen-bond donors (Lipinski definition) is 2. The monoisotopic (exact) mass is 233 g/mol. The van der Waals surface area contributed by atoms with Crippen LogP contribution in [0.5, 0.6) is 0 Å². The third-order valence-electron chi connectivity index (χ3n) is 3.99. The van der Waals surface area contributed by atoms with Crippen molar-refractivity contribution >= 4 is 5.69 Å². The zero-order chi connectivity index (χ0) is 12.3. The van der Waals surface area contributed by atoms with Gasteiger partial charge in [-0.05, 0) is 30.7 Å². The Bertz CT molecular complexity index is 364. The number of aliphatic hydroxyl groups is 1. The van der Waals surface area contributed by atoms with Crippen molar-refractivity contribution in [2.24, 2.45) is 11.8 Å². The molecule has 0 spiro atoms. The molecule has 0 saturated heterocycles. The van der Waals surface area contributed by atoms with Gasteiger partial charge >= 0.3 is 0 Å². The van der Waals surface area contributed by atoms with Crippen LogP contribution < -0.4 is 5.32 Å². The second-order valence-electron chi connectivity index (χ2n) is 5.46. The van der Waals surface area contributed by atoms with Gasteiger partial charge in [-0.25, -0.2) is 0 Å². The van der Waals surface area contributed by atoms with Crippen LogP contribution in [0.15, 0.2) is 24.3 Å². The molecule has 3 unspecified atom stereocenters. The number of hydrogen-bond acceptors (Lipinski definition) is 2. The fourth-order valence-corrected chi connectivity index (χ4v) is 2.73. The Morgan fingerprint density at radius 2 is 2.00 bits per heavy atom. The van der Waals surface area contributed by atoms with E-state index in [1.165, 1.54) is 19.3 Å². The van der Waals surface area contributed by atoms with Gasteiger partial charge in [0.15, 0.2) is 0 Å². The van der Waals surface area contributed by atoms with Crippen molar-refractivity contribution < 1.29 is 5.11 Å². The summed E-state index contributed by atoms with van der Waals surface area (Å²) in [5.41, 5.74) is 2.10. The van der Waals surface area contributed by atoms with E-state index in [9.17, 15) is 5.11 Å². The molecule has 2 rings (SSSR count). The van der Waals surface area contributed by atoms with Crippen molar-refractivity contribution in [3.63, 3.8) is 0 Å². The van der Waals surface area contributed by atoms with Gasteiger partial charge in [-0.1, -0.05) is 38.5 Å². The molecule has 0 radical (unpaired) electrons. The van der Waals surface area contributed by atoms with Gasteiger partial charge in [0.1, 0.15) is 0 Å². The minimum Gasteiger partial charge on any atom is -0.392 e. The van der Waals surface area contributed by atoms with Crippen LogP contribution >= 0.6 is 0 Å². The summed E-state index contributed by atoms with van der Waals surface area (Å²) in [6.45, 7) is 4.77. The van der Waals surface area contributed by atoms with Crippen molar-refractivity contribution in [1.82, 2.24) is 0 Å². The van der Waals surface area contributed by atoms with Crippen LogP contribution in [0.2, 0.25) is 0 Å². The molecule has 1 fully saturated rings. The van der Waals surface area contributed by atoms with Gasteiger partial charge in [0, 0.05) is 17.3 Å². The minimum absolute atomic E-state index is 0.111. The van der Waals surface area contributed by atoms with Gasteiger partial charge in [-0.15, -0.1) is 0 Å². The van der Waals surface area contributed by atoms with Gasteiger partial charge in [0.05, 0.1) is 6.61 Å². The van der Waals surface area contributed by atoms with Crippen molar-refractivity contribution in [1.29, 1.82) is 0 Å². The van der Waals surface area contributed by atoms with E-state index in [-0.39, 0.29) is 6.61 Å². The second kappa shape index (κ2) is 5.54. The van der Waals surface area contributed by atoms with Gasteiger partial charge in [0.25, 0.3) is 0 Å². The average molecular weight is 233 g/mol. The van der Waals surface area contributed by atoms with Crippen molar-refractivity contribution in [3.05, 3.63) is 29.8 Å². The molecular weight excluding hydrogens is 210 g/mol. The lowest BCUT2D eigenvalue weighted by Crippen LogP contribution is -2.33. The Kier molecular flexibility index (Phi) is 4.06. The van der Waals surface area contributed by atoms with Crippen LogP contribution in [0.1, 0.15) is 38.7 Å². The van der Waals surface area contributed by atoms with Crippen LogP contribution in [0.3, 0.4) is 0 Å². The van der Waals surface area contributed by atoms with E-state index in [4.69, 9.17) is 0 Å². The zero-order valence-corrected chi connectivity index (χ0v) is 10.8. The fourth-order valence-electron chi connectivity index (χ4n) is 2.73. The molecule has 1 aromatic carbocycles. The summed E-state index contributed by atoms with van der Waals surface area (Å²) >= 11 is 0. The summed E-state index contributed by atoms with van der Waals surface area (Å²) in [4.78, 5) is 0. The van der Waals surface area contributed by atoms with E-state index >= 15 is 0 Å². The molecule has 94 valence electrons. The van der Waals surface area contributed by atoms with Crippen LogP contribution in [0.25, 0.3) is 0 Å². The smallest absolute Gasteiger partial charge is 0.0701 e. The molecular formula is C15H23NO. The molecule has 1 aromatic rings. The average Bonchev–Trinajstić information content (AvgIpc) is 2.34. The highest BCUT2D eigenvalue weighted by Gasteiger charge is 2.25. The summed E-state index contributed by atoms with van der Waals surface area (Å²) in [7, 11) is 0. The fraction of sp³-hybridized carbons (Fsp3) is 0.600. The SMILES string of the molecule is CC1CCC(C)C(Nc2ccccc2CO)C1. The third-order valence-corrected chi connectivity index (χ3v) is 3.99. The second-order valence-corrected chi connectivity index (χ2v) is 5.46. The molecule has 1 aliphatic rings. The first-order valence-corrected chi connectivity index (χ1v) is 6.66. The van der Waals surface area contributed by atoms with Gasteiger partial charge < -0.3 is 10.4 Å². The number of rotatable bonds is 3. The predicted molar refractivity (Wildman–Crippen MR) is 72.0 cm³/mol. The lowest BCUT2D eigenvalue weighted by molar-refractivity contribution is 0.275. The maximum Gasteiger partial charge on any atom is 0.0701 e. The first-order valence-electron chi connectivity index (χ1n) is 6.66. The highest BCUT2D eigenvalue weighted by molar-refractivity contribution is 5.51. The summed E-state index contributed by atoms with van der Waals surface area (Å²) in [6.07, 6.45) is 3.89. The molecule has 0 aromatic heterocycles. The molecule has 1 aliphatic carbocycles. The van der Waals surface area contributed by atoms with Crippen LogP contribution in [-0.4, -0.2) is 11.1 Å². The largest absolute Gasteiger partial charge is 0.392 e. The summed E-state index contributed by atoms with van der Waals surface area (Å²) < 4.78 is 0. The van der Waals surface area contributed by atoms with E-state index in [0.29, 0.717) is 6.04 Å². The molecule has 1 saturated carbocycles. The quantitative estimate of drug-likeness (QED) is 0.838. The van der Waals surface area contributed by atoms with E-state index in [0.717, 1.165) is 23.1 Å². The number of para-hydroxylation sites is 1. The van der Waals surface area contributed by atoms with E-state index in [1.54, 1.807) is 0 Å².